The van der Waals surface area contributed by atoms with E-state index < -0.39 is 0 Å². The van der Waals surface area contributed by atoms with Gasteiger partial charge in [-0.25, -0.2) is 10.4 Å². The summed E-state index contributed by atoms with van der Waals surface area (Å²) in [7, 11) is 0. The third-order valence-electron chi connectivity index (χ3n) is 4.86. The molecule has 0 aromatic heterocycles. The smallest absolute Gasteiger partial charge is 0.0456 e. The van der Waals surface area contributed by atoms with Crippen molar-refractivity contribution in [1.82, 2.24) is 15.6 Å². The zero-order chi connectivity index (χ0) is 11.5. The van der Waals surface area contributed by atoms with Crippen molar-refractivity contribution in [2.24, 2.45) is 17.3 Å². The lowest BCUT2D eigenvalue weighted by Gasteiger charge is -2.60. The van der Waals surface area contributed by atoms with Crippen LogP contribution in [-0.2, 0) is 0 Å². The molecule has 1 saturated carbocycles. The predicted molar refractivity (Wildman–Crippen MR) is 65.5 cm³/mol. The van der Waals surface area contributed by atoms with Gasteiger partial charge in [-0.3, -0.25) is 0 Å². The van der Waals surface area contributed by atoms with Gasteiger partial charge in [0.25, 0.3) is 0 Å². The Morgan fingerprint density at radius 1 is 1.25 bits per heavy atom. The van der Waals surface area contributed by atoms with Gasteiger partial charge >= 0.3 is 0 Å². The van der Waals surface area contributed by atoms with Crippen molar-refractivity contribution >= 4 is 0 Å². The summed E-state index contributed by atoms with van der Waals surface area (Å²) in [6, 6.07) is 1.47. The van der Waals surface area contributed by atoms with Gasteiger partial charge in [-0.05, 0) is 37.0 Å². The Hall–Kier alpha value is -0.120. The van der Waals surface area contributed by atoms with E-state index in [4.69, 9.17) is 0 Å². The molecular weight excluding hydrogens is 198 g/mol. The first-order valence-corrected chi connectivity index (χ1v) is 6.81. The maximum Gasteiger partial charge on any atom is 0.0456 e. The molecular formula is C13H25N3. The van der Waals surface area contributed by atoms with Crippen molar-refractivity contribution in [2.75, 3.05) is 13.1 Å². The predicted octanol–water partition coefficient (Wildman–Crippen LogP) is 1.87. The van der Waals surface area contributed by atoms with Crippen LogP contribution in [0.2, 0.25) is 0 Å². The second-order valence-corrected chi connectivity index (χ2v) is 6.74. The topological polar surface area (TPSA) is 18.5 Å². The minimum absolute atomic E-state index is 0.619. The fraction of sp³-hybridized carbons (Fsp3) is 1.00. The van der Waals surface area contributed by atoms with Crippen molar-refractivity contribution < 1.29 is 0 Å². The van der Waals surface area contributed by atoms with Crippen LogP contribution in [0.3, 0.4) is 0 Å². The molecule has 3 unspecified atom stereocenters. The third-order valence-corrected chi connectivity index (χ3v) is 4.86. The summed E-state index contributed by atoms with van der Waals surface area (Å²) in [6.07, 6.45) is 2.86. The first kappa shape index (κ1) is 11.0. The van der Waals surface area contributed by atoms with Gasteiger partial charge < -0.3 is 0 Å². The number of rotatable bonds is 3. The molecule has 1 N–H and O–H groups in total. The quantitative estimate of drug-likeness (QED) is 0.788. The third kappa shape index (κ3) is 1.52. The Bertz CT molecular complexity index is 279. The van der Waals surface area contributed by atoms with E-state index in [-0.39, 0.29) is 0 Å². The zero-order valence-corrected chi connectivity index (χ0v) is 11.0. The van der Waals surface area contributed by atoms with Crippen molar-refractivity contribution in [3.05, 3.63) is 0 Å². The molecule has 0 aromatic carbocycles. The van der Waals surface area contributed by atoms with Crippen molar-refractivity contribution in [2.45, 2.75) is 52.6 Å². The van der Waals surface area contributed by atoms with E-state index in [2.05, 4.69) is 43.2 Å². The minimum atomic E-state index is 0.619. The summed E-state index contributed by atoms with van der Waals surface area (Å²) in [4.78, 5) is 0. The molecule has 3 nitrogen and oxygen atoms in total. The van der Waals surface area contributed by atoms with Gasteiger partial charge in [0.15, 0.2) is 0 Å². The Morgan fingerprint density at radius 2 is 1.88 bits per heavy atom. The largest absolute Gasteiger partial charge is 0.237 e. The molecule has 3 fully saturated rings. The van der Waals surface area contributed by atoms with Crippen molar-refractivity contribution in [3.8, 4) is 0 Å². The monoisotopic (exact) mass is 223 g/mol. The number of hydrogen-bond donors (Lipinski definition) is 1. The van der Waals surface area contributed by atoms with Crippen molar-refractivity contribution in [1.29, 1.82) is 0 Å². The van der Waals surface area contributed by atoms with Crippen molar-refractivity contribution in [3.63, 3.8) is 0 Å². The first-order valence-electron chi connectivity index (χ1n) is 6.81. The summed E-state index contributed by atoms with van der Waals surface area (Å²) < 4.78 is 0. The average Bonchev–Trinajstić information content (AvgIpc) is 2.78. The van der Waals surface area contributed by atoms with Gasteiger partial charge in [0.1, 0.15) is 0 Å². The van der Waals surface area contributed by atoms with E-state index in [0.717, 1.165) is 17.9 Å². The normalized spacial score (nSPS) is 42.9. The maximum absolute atomic E-state index is 3.49. The zero-order valence-electron chi connectivity index (χ0n) is 11.0. The van der Waals surface area contributed by atoms with Gasteiger partial charge in [-0.1, -0.05) is 20.8 Å². The summed E-state index contributed by atoms with van der Waals surface area (Å²) in [5, 5.41) is 4.95. The number of hydrazine groups is 2. The fourth-order valence-electron chi connectivity index (χ4n) is 3.38. The van der Waals surface area contributed by atoms with Crippen LogP contribution in [0.4, 0.5) is 0 Å². The van der Waals surface area contributed by atoms with Crippen LogP contribution in [0.25, 0.3) is 0 Å². The second kappa shape index (κ2) is 3.44. The molecule has 3 rings (SSSR count). The van der Waals surface area contributed by atoms with E-state index in [9.17, 15) is 0 Å². The molecule has 92 valence electrons. The van der Waals surface area contributed by atoms with Crippen LogP contribution >= 0.6 is 0 Å². The SMILES string of the molecule is CC1CN(N2CC(C(C)C)C2C2(C)CC2)N1. The first-order chi connectivity index (χ1) is 7.51. The molecule has 0 radical (unpaired) electrons. The molecule has 3 atom stereocenters. The van der Waals surface area contributed by atoms with Gasteiger partial charge in [-0.2, -0.15) is 5.12 Å². The highest BCUT2D eigenvalue weighted by Gasteiger charge is 2.58. The van der Waals surface area contributed by atoms with Crippen LogP contribution in [0.1, 0.15) is 40.5 Å². The minimum Gasteiger partial charge on any atom is -0.237 e. The lowest BCUT2D eigenvalue weighted by Crippen LogP contribution is -2.76. The summed E-state index contributed by atoms with van der Waals surface area (Å²) >= 11 is 0. The fourth-order valence-corrected chi connectivity index (χ4v) is 3.38. The lowest BCUT2D eigenvalue weighted by atomic mass is 9.73. The van der Waals surface area contributed by atoms with Crippen LogP contribution < -0.4 is 5.43 Å². The number of hydrogen-bond acceptors (Lipinski definition) is 3. The molecule has 16 heavy (non-hydrogen) atoms. The second-order valence-electron chi connectivity index (χ2n) is 6.74. The van der Waals surface area contributed by atoms with Crippen LogP contribution in [0.5, 0.6) is 0 Å². The highest BCUT2D eigenvalue weighted by molar-refractivity contribution is 5.08. The molecule has 0 bridgehead atoms. The van der Waals surface area contributed by atoms with Crippen LogP contribution in [0.15, 0.2) is 0 Å². The highest BCUT2D eigenvalue weighted by atomic mass is 15.9. The molecule has 2 saturated heterocycles. The van der Waals surface area contributed by atoms with Gasteiger partial charge in [-0.15, -0.1) is 0 Å². The Morgan fingerprint density at radius 3 is 2.31 bits per heavy atom. The van der Waals surface area contributed by atoms with Crippen LogP contribution in [0, 0.1) is 17.3 Å². The maximum atomic E-state index is 3.49. The summed E-state index contributed by atoms with van der Waals surface area (Å²) in [6.45, 7) is 11.9. The Kier molecular flexibility index (Phi) is 2.36. The molecule has 0 amide bonds. The van der Waals surface area contributed by atoms with E-state index in [1.807, 2.05) is 0 Å². The van der Waals surface area contributed by atoms with E-state index in [1.165, 1.54) is 25.9 Å². The number of nitrogens with one attached hydrogen (secondary N) is 1. The van der Waals surface area contributed by atoms with Crippen LogP contribution in [-0.4, -0.2) is 35.3 Å². The van der Waals surface area contributed by atoms with Gasteiger partial charge in [0, 0.05) is 25.2 Å². The van der Waals surface area contributed by atoms with E-state index >= 15 is 0 Å². The average molecular weight is 223 g/mol. The standard InChI is InChI=1S/C13H25N3/c1-9(2)11-8-15(16-7-10(3)14-16)12(11)13(4)5-6-13/h9-12,14H,5-8H2,1-4H3. The summed E-state index contributed by atoms with van der Waals surface area (Å²) in [5.74, 6) is 1.74. The molecule has 0 aromatic rings. The van der Waals surface area contributed by atoms with Gasteiger partial charge in [0.05, 0.1) is 0 Å². The lowest BCUT2D eigenvalue weighted by molar-refractivity contribution is -0.249. The Labute approximate surface area is 99.1 Å². The molecule has 3 heteroatoms. The molecule has 2 aliphatic heterocycles. The molecule has 3 aliphatic rings. The number of nitrogens with zero attached hydrogens (tertiary/aromatic N) is 2. The van der Waals surface area contributed by atoms with Gasteiger partial charge in [0.2, 0.25) is 0 Å². The Balaban J connectivity index is 1.67. The molecule has 0 spiro atoms. The molecule has 1 aliphatic carbocycles. The van der Waals surface area contributed by atoms with E-state index in [0.29, 0.717) is 11.5 Å². The highest BCUT2D eigenvalue weighted by Crippen LogP contribution is 2.57. The summed E-state index contributed by atoms with van der Waals surface area (Å²) in [5.41, 5.74) is 4.11. The molecule has 2 heterocycles. The van der Waals surface area contributed by atoms with E-state index in [1.54, 1.807) is 0 Å².